The summed E-state index contributed by atoms with van der Waals surface area (Å²) in [5, 5.41) is 7.30. The number of aliphatic imine (C=N–C) groups is 1. The van der Waals surface area contributed by atoms with Crippen LogP contribution >= 0.6 is 0 Å². The first-order valence-electron chi connectivity index (χ1n) is 15.8. The molecule has 0 N–H and O–H groups in total. The van der Waals surface area contributed by atoms with Crippen molar-refractivity contribution in [1.82, 2.24) is 0 Å². The van der Waals surface area contributed by atoms with E-state index in [-0.39, 0.29) is 18.0 Å². The first-order valence-corrected chi connectivity index (χ1v) is 15.8. The van der Waals surface area contributed by atoms with Crippen LogP contribution in [0.1, 0.15) is 22.3 Å². The Morgan fingerprint density at radius 1 is 0.609 bits per heavy atom. The van der Waals surface area contributed by atoms with Crippen LogP contribution in [0.25, 0.3) is 60.1 Å². The molecule has 1 aliphatic heterocycles. The molecule has 0 aromatic heterocycles. The first-order chi connectivity index (χ1) is 22.5. The summed E-state index contributed by atoms with van der Waals surface area (Å²) < 4.78 is 20.7. The van der Waals surface area contributed by atoms with Gasteiger partial charge in [0.05, 0.1) is 0 Å². The molecular weight excluding hydrogens is 565 g/mol. The molecule has 220 valence electrons. The Labute approximate surface area is 267 Å². The zero-order valence-electron chi connectivity index (χ0n) is 25.6. The number of allylic oxidation sites excluding steroid dienone is 2. The summed E-state index contributed by atoms with van der Waals surface area (Å²) in [5.74, 6) is 0.395. The van der Waals surface area contributed by atoms with E-state index in [1.165, 1.54) is 66.4 Å². The van der Waals surface area contributed by atoms with Crippen molar-refractivity contribution in [3.8, 4) is 22.3 Å². The summed E-state index contributed by atoms with van der Waals surface area (Å²) in [4.78, 5) is 5.17. The van der Waals surface area contributed by atoms with Gasteiger partial charge < -0.3 is 4.74 Å². The number of halogens is 1. The summed E-state index contributed by atoms with van der Waals surface area (Å²) >= 11 is 0. The summed E-state index contributed by atoms with van der Waals surface area (Å²) in [6, 6.07) is 39.6. The minimum absolute atomic E-state index is 0.189. The maximum absolute atomic E-state index is 14.0. The van der Waals surface area contributed by atoms with E-state index in [2.05, 4.69) is 111 Å². The van der Waals surface area contributed by atoms with Crippen LogP contribution in [0.4, 0.5) is 4.39 Å². The van der Waals surface area contributed by atoms with Crippen molar-refractivity contribution in [3.05, 3.63) is 162 Å². The predicted octanol–water partition coefficient (Wildman–Crippen LogP) is 10.8. The van der Waals surface area contributed by atoms with Crippen LogP contribution in [0.5, 0.6) is 0 Å². The first kappa shape index (κ1) is 26.8. The Kier molecular flexibility index (Phi) is 5.98. The Balaban J connectivity index is 1.30. The molecule has 2 unspecified atom stereocenters. The lowest BCUT2D eigenvalue weighted by atomic mass is 9.84. The quantitative estimate of drug-likeness (QED) is 0.186. The van der Waals surface area contributed by atoms with Gasteiger partial charge in [0.2, 0.25) is 5.90 Å². The standard InChI is InChI=1S/C43H30FNO/c1-25-8-3-5-12-31(25)33-17-14-27-15-18-35-37(32-13-6-4-9-26(32)2)24-38(36-20-19-34(33)41(27)42(35)36)43-45-39-23-29(16-21-40(39)46-43)28-10-7-11-30(44)22-28/h3-24,39-40H,1-2H3. The summed E-state index contributed by atoms with van der Waals surface area (Å²) in [5.41, 5.74) is 10.1. The number of hydrogen-bond acceptors (Lipinski definition) is 2. The van der Waals surface area contributed by atoms with Crippen molar-refractivity contribution in [3.63, 3.8) is 0 Å². The molecule has 0 radical (unpaired) electrons. The van der Waals surface area contributed by atoms with E-state index in [1.807, 2.05) is 18.2 Å². The van der Waals surface area contributed by atoms with E-state index in [0.29, 0.717) is 5.90 Å². The van der Waals surface area contributed by atoms with Crippen molar-refractivity contribution in [2.45, 2.75) is 26.0 Å². The summed E-state index contributed by atoms with van der Waals surface area (Å²) in [6.45, 7) is 4.35. The Morgan fingerprint density at radius 2 is 1.28 bits per heavy atom. The van der Waals surface area contributed by atoms with Crippen molar-refractivity contribution in [2.24, 2.45) is 4.99 Å². The molecule has 3 heteroatoms. The number of benzene rings is 7. The highest BCUT2D eigenvalue weighted by atomic mass is 19.1. The molecule has 46 heavy (non-hydrogen) atoms. The van der Waals surface area contributed by atoms with Crippen LogP contribution in [0.15, 0.2) is 138 Å². The average molecular weight is 596 g/mol. The number of hydrogen-bond donors (Lipinski definition) is 0. The number of nitrogens with zero attached hydrogens (tertiary/aromatic N) is 1. The topological polar surface area (TPSA) is 21.6 Å². The fraction of sp³-hybridized carbons (Fsp3) is 0.0930. The van der Waals surface area contributed by atoms with Crippen LogP contribution in [-0.4, -0.2) is 18.0 Å². The van der Waals surface area contributed by atoms with Gasteiger partial charge in [-0.05, 0) is 121 Å². The van der Waals surface area contributed by atoms with E-state index in [9.17, 15) is 4.39 Å². The Hall–Kier alpha value is -5.54. The van der Waals surface area contributed by atoms with Crippen molar-refractivity contribution in [2.75, 3.05) is 0 Å². The van der Waals surface area contributed by atoms with Gasteiger partial charge in [-0.3, -0.25) is 0 Å². The van der Waals surface area contributed by atoms with Gasteiger partial charge in [-0.25, -0.2) is 9.38 Å². The zero-order valence-corrected chi connectivity index (χ0v) is 25.6. The molecule has 2 aliphatic rings. The molecule has 0 bridgehead atoms. The van der Waals surface area contributed by atoms with E-state index >= 15 is 0 Å². The van der Waals surface area contributed by atoms with Crippen LogP contribution in [0, 0.1) is 19.7 Å². The largest absolute Gasteiger partial charge is 0.467 e. The normalized spacial score (nSPS) is 17.4. The third-order valence-corrected chi connectivity index (χ3v) is 9.71. The molecule has 0 spiro atoms. The second kappa shape index (κ2) is 10.3. The Bertz CT molecular complexity index is 2450. The van der Waals surface area contributed by atoms with Crippen LogP contribution in [0.3, 0.4) is 0 Å². The van der Waals surface area contributed by atoms with Crippen LogP contribution < -0.4 is 0 Å². The van der Waals surface area contributed by atoms with Crippen molar-refractivity contribution < 1.29 is 9.13 Å². The highest BCUT2D eigenvalue weighted by Crippen LogP contribution is 2.45. The van der Waals surface area contributed by atoms with Gasteiger partial charge in [0.1, 0.15) is 18.0 Å². The number of rotatable bonds is 4. The van der Waals surface area contributed by atoms with E-state index in [0.717, 1.165) is 22.1 Å². The lowest BCUT2D eigenvalue weighted by Gasteiger charge is -2.20. The molecule has 0 amide bonds. The number of aryl methyl sites for hydroxylation is 2. The highest BCUT2D eigenvalue weighted by Gasteiger charge is 2.32. The Morgan fingerprint density at radius 3 is 2.04 bits per heavy atom. The predicted molar refractivity (Wildman–Crippen MR) is 189 cm³/mol. The molecule has 1 heterocycles. The van der Waals surface area contributed by atoms with Gasteiger partial charge >= 0.3 is 0 Å². The molecule has 0 saturated carbocycles. The van der Waals surface area contributed by atoms with Gasteiger partial charge in [-0.1, -0.05) is 103 Å². The second-order valence-electron chi connectivity index (χ2n) is 12.5. The smallest absolute Gasteiger partial charge is 0.218 e. The minimum atomic E-state index is -0.247. The number of ether oxygens (including phenoxy) is 1. The van der Waals surface area contributed by atoms with E-state index in [4.69, 9.17) is 9.73 Å². The monoisotopic (exact) mass is 595 g/mol. The third-order valence-electron chi connectivity index (χ3n) is 9.71. The zero-order chi connectivity index (χ0) is 30.9. The molecular formula is C43H30FNO. The fourth-order valence-corrected chi connectivity index (χ4v) is 7.44. The van der Waals surface area contributed by atoms with E-state index < -0.39 is 0 Å². The maximum atomic E-state index is 14.0. The number of fused-ring (bicyclic) bond motifs is 1. The average Bonchev–Trinajstić information content (AvgIpc) is 3.51. The molecule has 7 aromatic carbocycles. The summed E-state index contributed by atoms with van der Waals surface area (Å²) in [7, 11) is 0. The van der Waals surface area contributed by atoms with Gasteiger partial charge in [-0.2, -0.15) is 0 Å². The lowest BCUT2D eigenvalue weighted by Crippen LogP contribution is -2.21. The highest BCUT2D eigenvalue weighted by molar-refractivity contribution is 6.30. The second-order valence-corrected chi connectivity index (χ2v) is 12.5. The molecule has 2 atom stereocenters. The molecule has 0 fully saturated rings. The van der Waals surface area contributed by atoms with E-state index in [1.54, 1.807) is 12.1 Å². The van der Waals surface area contributed by atoms with Crippen molar-refractivity contribution >= 4 is 43.8 Å². The van der Waals surface area contributed by atoms with Gasteiger partial charge in [0.15, 0.2) is 0 Å². The van der Waals surface area contributed by atoms with Gasteiger partial charge in [-0.15, -0.1) is 0 Å². The van der Waals surface area contributed by atoms with Gasteiger partial charge in [0.25, 0.3) is 0 Å². The molecule has 7 aromatic rings. The molecule has 1 aliphatic carbocycles. The van der Waals surface area contributed by atoms with Crippen LogP contribution in [0.2, 0.25) is 0 Å². The lowest BCUT2D eigenvalue weighted by molar-refractivity contribution is 0.255. The maximum Gasteiger partial charge on any atom is 0.218 e. The molecule has 0 saturated heterocycles. The minimum Gasteiger partial charge on any atom is -0.467 e. The molecule has 9 rings (SSSR count). The SMILES string of the molecule is Cc1ccccc1-c1ccc2ccc3c(-c4ccccc4C)cc(C4=NC5C=C(c6cccc(F)c6)C=CC5O4)c4ccc1c2c43. The van der Waals surface area contributed by atoms with Crippen molar-refractivity contribution in [1.29, 1.82) is 0 Å². The van der Waals surface area contributed by atoms with Crippen LogP contribution in [-0.2, 0) is 4.74 Å². The molecule has 2 nitrogen and oxygen atoms in total. The fourth-order valence-electron chi connectivity index (χ4n) is 7.44. The summed E-state index contributed by atoms with van der Waals surface area (Å²) in [6.07, 6.45) is 5.96. The van der Waals surface area contributed by atoms with Gasteiger partial charge in [0, 0.05) is 5.56 Å². The third kappa shape index (κ3) is 4.12.